The fourth-order valence-corrected chi connectivity index (χ4v) is 3.62. The standard InChI is InChI=1S/C22H21N7O/c30-22(17-15-18-5-2-4-10-29(18)16-17)28-13-11-27(12-14-28)21-8-7-20(25-26-21)24-19-6-1-3-9-23-19/h1-10,15-16H,11-14H2,(H,23,24,25). The van der Waals surface area contributed by atoms with Crippen molar-refractivity contribution >= 4 is 28.9 Å². The van der Waals surface area contributed by atoms with Gasteiger partial charge in [-0.1, -0.05) is 12.1 Å². The summed E-state index contributed by atoms with van der Waals surface area (Å²) in [5.74, 6) is 2.25. The lowest BCUT2D eigenvalue weighted by atomic mass is 10.2. The molecule has 1 aliphatic rings. The third-order valence-electron chi connectivity index (χ3n) is 5.21. The van der Waals surface area contributed by atoms with Crippen LogP contribution >= 0.6 is 0 Å². The van der Waals surface area contributed by atoms with E-state index < -0.39 is 0 Å². The van der Waals surface area contributed by atoms with E-state index in [1.807, 2.05) is 76.3 Å². The van der Waals surface area contributed by atoms with Crippen molar-refractivity contribution < 1.29 is 4.79 Å². The van der Waals surface area contributed by atoms with Crippen LogP contribution in [0.4, 0.5) is 17.5 Å². The molecule has 1 fully saturated rings. The second-order valence-electron chi connectivity index (χ2n) is 7.16. The van der Waals surface area contributed by atoms with Crippen LogP contribution in [-0.2, 0) is 0 Å². The van der Waals surface area contributed by atoms with Crippen molar-refractivity contribution in [2.24, 2.45) is 0 Å². The second kappa shape index (κ2) is 7.82. The zero-order chi connectivity index (χ0) is 20.3. The molecule has 0 atom stereocenters. The van der Waals surface area contributed by atoms with Crippen molar-refractivity contribution in [3.63, 3.8) is 0 Å². The van der Waals surface area contributed by atoms with Crippen LogP contribution in [-0.4, -0.2) is 56.6 Å². The van der Waals surface area contributed by atoms with Crippen LogP contribution in [0.5, 0.6) is 0 Å². The minimum absolute atomic E-state index is 0.0688. The van der Waals surface area contributed by atoms with Crippen molar-refractivity contribution in [2.45, 2.75) is 0 Å². The maximum atomic E-state index is 12.9. The maximum Gasteiger partial charge on any atom is 0.255 e. The highest BCUT2D eigenvalue weighted by Crippen LogP contribution is 2.18. The van der Waals surface area contributed by atoms with Gasteiger partial charge in [-0.15, -0.1) is 10.2 Å². The van der Waals surface area contributed by atoms with E-state index in [0.29, 0.717) is 18.9 Å². The van der Waals surface area contributed by atoms with E-state index in [9.17, 15) is 4.79 Å². The topological polar surface area (TPSA) is 78.7 Å². The van der Waals surface area contributed by atoms with Gasteiger partial charge in [0, 0.05) is 50.3 Å². The first kappa shape index (κ1) is 18.1. The molecule has 0 unspecified atom stereocenters. The fourth-order valence-electron chi connectivity index (χ4n) is 3.62. The highest BCUT2D eigenvalue weighted by Gasteiger charge is 2.23. The predicted molar refractivity (Wildman–Crippen MR) is 115 cm³/mol. The molecule has 5 rings (SSSR count). The Morgan fingerprint density at radius 3 is 2.50 bits per heavy atom. The molecule has 0 saturated carbocycles. The molecule has 8 nitrogen and oxygen atoms in total. The molecular weight excluding hydrogens is 378 g/mol. The molecule has 5 heterocycles. The number of pyridine rings is 2. The number of amides is 1. The highest BCUT2D eigenvalue weighted by molar-refractivity contribution is 5.95. The maximum absolute atomic E-state index is 12.9. The number of anilines is 3. The first-order chi connectivity index (χ1) is 14.8. The van der Waals surface area contributed by atoms with Crippen LogP contribution in [0.15, 0.2) is 73.2 Å². The van der Waals surface area contributed by atoms with E-state index in [2.05, 4.69) is 25.4 Å². The Hall–Kier alpha value is -3.94. The molecule has 0 aliphatic carbocycles. The van der Waals surface area contributed by atoms with Gasteiger partial charge in [0.2, 0.25) is 0 Å². The Kier molecular flexibility index (Phi) is 4.72. The Bertz CT molecular complexity index is 1120. The van der Waals surface area contributed by atoms with Crippen LogP contribution in [0.25, 0.3) is 5.52 Å². The monoisotopic (exact) mass is 399 g/mol. The van der Waals surface area contributed by atoms with E-state index in [1.165, 1.54) is 0 Å². The van der Waals surface area contributed by atoms with Gasteiger partial charge in [0.25, 0.3) is 5.91 Å². The van der Waals surface area contributed by atoms with Crippen molar-refractivity contribution in [1.29, 1.82) is 0 Å². The molecule has 0 radical (unpaired) electrons. The van der Waals surface area contributed by atoms with Gasteiger partial charge in [0.05, 0.1) is 5.56 Å². The average Bonchev–Trinajstić information content (AvgIpc) is 3.24. The fraction of sp³-hybridized carbons (Fsp3) is 0.182. The predicted octanol–water partition coefficient (Wildman–Crippen LogP) is 2.83. The number of hydrogen-bond donors (Lipinski definition) is 1. The average molecular weight is 399 g/mol. The Labute approximate surface area is 173 Å². The number of nitrogens with one attached hydrogen (secondary N) is 1. The summed E-state index contributed by atoms with van der Waals surface area (Å²) in [7, 11) is 0. The van der Waals surface area contributed by atoms with Crippen molar-refractivity contribution in [3.8, 4) is 0 Å². The first-order valence-electron chi connectivity index (χ1n) is 9.89. The van der Waals surface area contributed by atoms with Crippen molar-refractivity contribution in [1.82, 2.24) is 24.5 Å². The SMILES string of the molecule is O=C(c1cc2ccccn2c1)N1CCN(c2ccc(Nc3ccccn3)nn2)CC1. The Morgan fingerprint density at radius 1 is 0.900 bits per heavy atom. The van der Waals surface area contributed by atoms with Crippen LogP contribution in [0, 0.1) is 0 Å². The van der Waals surface area contributed by atoms with Crippen LogP contribution < -0.4 is 10.2 Å². The van der Waals surface area contributed by atoms with Crippen molar-refractivity contribution in [3.05, 3.63) is 78.8 Å². The number of piperazine rings is 1. The third-order valence-corrected chi connectivity index (χ3v) is 5.21. The quantitative estimate of drug-likeness (QED) is 0.569. The molecule has 4 aromatic heterocycles. The third kappa shape index (κ3) is 3.67. The summed E-state index contributed by atoms with van der Waals surface area (Å²) in [6, 6.07) is 17.3. The molecule has 0 spiro atoms. The molecule has 150 valence electrons. The summed E-state index contributed by atoms with van der Waals surface area (Å²) in [6.45, 7) is 2.75. The molecule has 8 heteroatoms. The summed E-state index contributed by atoms with van der Waals surface area (Å²) in [5.41, 5.74) is 1.74. The van der Waals surface area contributed by atoms with E-state index in [-0.39, 0.29) is 5.91 Å². The lowest BCUT2D eigenvalue weighted by Gasteiger charge is -2.35. The lowest BCUT2D eigenvalue weighted by Crippen LogP contribution is -2.49. The minimum Gasteiger partial charge on any atom is -0.352 e. The summed E-state index contributed by atoms with van der Waals surface area (Å²) in [4.78, 5) is 21.2. The van der Waals surface area contributed by atoms with Gasteiger partial charge in [0.1, 0.15) is 5.82 Å². The smallest absolute Gasteiger partial charge is 0.255 e. The zero-order valence-electron chi connectivity index (χ0n) is 16.3. The summed E-state index contributed by atoms with van der Waals surface area (Å²) >= 11 is 0. The largest absolute Gasteiger partial charge is 0.352 e. The van der Waals surface area contributed by atoms with E-state index in [0.717, 1.165) is 35.8 Å². The molecule has 1 N–H and O–H groups in total. The molecular formula is C22H21N7O. The lowest BCUT2D eigenvalue weighted by molar-refractivity contribution is 0.0746. The van der Waals surface area contributed by atoms with Gasteiger partial charge in [-0.25, -0.2) is 4.98 Å². The normalized spacial score (nSPS) is 14.1. The van der Waals surface area contributed by atoms with Crippen LogP contribution in [0.1, 0.15) is 10.4 Å². The van der Waals surface area contributed by atoms with E-state index >= 15 is 0 Å². The van der Waals surface area contributed by atoms with Crippen molar-refractivity contribution in [2.75, 3.05) is 36.4 Å². The molecule has 1 saturated heterocycles. The molecule has 30 heavy (non-hydrogen) atoms. The molecule has 0 aromatic carbocycles. The van der Waals surface area contributed by atoms with Gasteiger partial charge in [0.15, 0.2) is 11.6 Å². The number of carbonyl (C=O) groups is 1. The highest BCUT2D eigenvalue weighted by atomic mass is 16.2. The number of rotatable bonds is 4. The molecule has 1 aliphatic heterocycles. The molecule has 1 amide bonds. The van der Waals surface area contributed by atoms with Crippen LogP contribution in [0.3, 0.4) is 0 Å². The van der Waals surface area contributed by atoms with Gasteiger partial charge < -0.3 is 19.5 Å². The Balaban J connectivity index is 1.20. The summed E-state index contributed by atoms with van der Waals surface area (Å²) in [6.07, 6.45) is 5.57. The summed E-state index contributed by atoms with van der Waals surface area (Å²) in [5, 5.41) is 11.7. The van der Waals surface area contributed by atoms with Crippen LogP contribution in [0.2, 0.25) is 0 Å². The van der Waals surface area contributed by atoms with Gasteiger partial charge >= 0.3 is 0 Å². The Morgan fingerprint density at radius 2 is 1.77 bits per heavy atom. The number of aromatic nitrogens is 4. The number of carbonyl (C=O) groups excluding carboxylic acids is 1. The first-order valence-corrected chi connectivity index (χ1v) is 9.89. The van der Waals surface area contributed by atoms with E-state index in [4.69, 9.17) is 0 Å². The molecule has 0 bridgehead atoms. The summed E-state index contributed by atoms with van der Waals surface area (Å²) < 4.78 is 1.97. The van der Waals surface area contributed by atoms with Gasteiger partial charge in [-0.2, -0.15) is 0 Å². The minimum atomic E-state index is 0.0688. The van der Waals surface area contributed by atoms with E-state index in [1.54, 1.807) is 6.20 Å². The van der Waals surface area contributed by atoms with Gasteiger partial charge in [-0.05, 0) is 42.5 Å². The number of hydrogen-bond acceptors (Lipinski definition) is 6. The number of nitrogens with zero attached hydrogens (tertiary/aromatic N) is 6. The second-order valence-corrected chi connectivity index (χ2v) is 7.16. The molecule has 4 aromatic rings. The number of fused-ring (bicyclic) bond motifs is 1. The van der Waals surface area contributed by atoms with Gasteiger partial charge in [-0.3, -0.25) is 4.79 Å². The zero-order valence-corrected chi connectivity index (χ0v) is 16.3.